The largest absolute Gasteiger partial charge is 0.393 e. The molecule has 66 valence electrons. The maximum atomic E-state index is 12.8. The van der Waals surface area contributed by atoms with Crippen LogP contribution in [-0.2, 0) is 6.42 Å². The van der Waals surface area contributed by atoms with Gasteiger partial charge < -0.3 is 5.11 Å². The zero-order valence-electron chi connectivity index (χ0n) is 6.72. The van der Waals surface area contributed by atoms with Crippen molar-refractivity contribution in [2.24, 2.45) is 0 Å². The van der Waals surface area contributed by atoms with E-state index >= 15 is 0 Å². The Balaban J connectivity index is 2.85. The summed E-state index contributed by atoms with van der Waals surface area (Å²) in [6.45, 7) is 1.68. The molecule has 3 heteroatoms. The molecule has 0 aliphatic rings. The summed E-state index contributed by atoms with van der Waals surface area (Å²) in [4.78, 5) is 0. The summed E-state index contributed by atoms with van der Waals surface area (Å²) in [5.74, 6) is -0.278. The van der Waals surface area contributed by atoms with Gasteiger partial charge in [0.2, 0.25) is 0 Å². The van der Waals surface area contributed by atoms with Crippen molar-refractivity contribution >= 4 is 15.9 Å². The van der Waals surface area contributed by atoms with E-state index in [1.54, 1.807) is 13.0 Å². The van der Waals surface area contributed by atoms with Crippen molar-refractivity contribution in [3.63, 3.8) is 0 Å². The lowest BCUT2D eigenvalue weighted by Gasteiger charge is -2.04. The Bertz CT molecular complexity index is 253. The lowest BCUT2D eigenvalue weighted by Crippen LogP contribution is -2.04. The Hall–Kier alpha value is -0.410. The van der Waals surface area contributed by atoms with Crippen molar-refractivity contribution in [2.45, 2.75) is 19.4 Å². The third-order valence-electron chi connectivity index (χ3n) is 1.45. The Morgan fingerprint density at radius 1 is 1.50 bits per heavy atom. The molecule has 0 saturated heterocycles. The topological polar surface area (TPSA) is 20.2 Å². The molecule has 1 N–H and O–H groups in total. The van der Waals surface area contributed by atoms with Crippen LogP contribution in [0.15, 0.2) is 22.7 Å². The maximum absolute atomic E-state index is 12.8. The molecule has 0 aromatic heterocycles. The first kappa shape index (κ1) is 9.68. The highest BCUT2D eigenvalue weighted by molar-refractivity contribution is 9.10. The van der Waals surface area contributed by atoms with Crippen LogP contribution in [0.3, 0.4) is 0 Å². The standard InChI is InChI=1S/C9H10BrFO/c1-6(12)2-7-3-8(10)5-9(11)4-7/h3-6,12H,2H2,1H3/t6-/m1/s1. The molecule has 0 heterocycles. The van der Waals surface area contributed by atoms with Crippen molar-refractivity contribution in [1.82, 2.24) is 0 Å². The van der Waals surface area contributed by atoms with Crippen molar-refractivity contribution in [1.29, 1.82) is 0 Å². The number of hydrogen-bond acceptors (Lipinski definition) is 1. The zero-order chi connectivity index (χ0) is 9.14. The summed E-state index contributed by atoms with van der Waals surface area (Å²) in [7, 11) is 0. The monoisotopic (exact) mass is 232 g/mol. The van der Waals surface area contributed by atoms with Crippen molar-refractivity contribution in [2.75, 3.05) is 0 Å². The number of benzene rings is 1. The van der Waals surface area contributed by atoms with Crippen LogP contribution in [0.4, 0.5) is 4.39 Å². The van der Waals surface area contributed by atoms with Gasteiger partial charge in [-0.25, -0.2) is 4.39 Å². The average Bonchev–Trinajstić information content (AvgIpc) is 1.81. The second-order valence-corrected chi connectivity index (χ2v) is 3.75. The van der Waals surface area contributed by atoms with E-state index in [1.165, 1.54) is 12.1 Å². The van der Waals surface area contributed by atoms with E-state index in [0.29, 0.717) is 10.9 Å². The SMILES string of the molecule is C[C@@H](O)Cc1cc(F)cc(Br)c1. The van der Waals surface area contributed by atoms with E-state index in [4.69, 9.17) is 5.11 Å². The number of rotatable bonds is 2. The van der Waals surface area contributed by atoms with Gasteiger partial charge in [-0.05, 0) is 37.1 Å². The fourth-order valence-electron chi connectivity index (χ4n) is 1.07. The highest BCUT2D eigenvalue weighted by Crippen LogP contribution is 2.15. The summed E-state index contributed by atoms with van der Waals surface area (Å²) < 4.78 is 13.5. The fourth-order valence-corrected chi connectivity index (χ4v) is 1.58. The molecule has 0 amide bonds. The van der Waals surface area contributed by atoms with E-state index in [2.05, 4.69) is 15.9 Å². The van der Waals surface area contributed by atoms with Crippen LogP contribution < -0.4 is 0 Å². The molecule has 0 aliphatic carbocycles. The number of aliphatic hydroxyl groups excluding tert-OH is 1. The first-order valence-electron chi connectivity index (χ1n) is 3.71. The second-order valence-electron chi connectivity index (χ2n) is 2.83. The van der Waals surface area contributed by atoms with Crippen molar-refractivity contribution < 1.29 is 9.50 Å². The van der Waals surface area contributed by atoms with Gasteiger partial charge in [-0.1, -0.05) is 15.9 Å². The number of hydrogen-bond donors (Lipinski definition) is 1. The fraction of sp³-hybridized carbons (Fsp3) is 0.333. The van der Waals surface area contributed by atoms with Crippen LogP contribution in [0.1, 0.15) is 12.5 Å². The van der Waals surface area contributed by atoms with Gasteiger partial charge in [0.1, 0.15) is 5.82 Å². The highest BCUT2D eigenvalue weighted by Gasteiger charge is 2.01. The zero-order valence-corrected chi connectivity index (χ0v) is 8.31. The smallest absolute Gasteiger partial charge is 0.124 e. The molecule has 0 aliphatic heterocycles. The van der Waals surface area contributed by atoms with Gasteiger partial charge in [0, 0.05) is 4.47 Å². The first-order valence-corrected chi connectivity index (χ1v) is 4.50. The quantitative estimate of drug-likeness (QED) is 0.832. The van der Waals surface area contributed by atoms with Gasteiger partial charge in [-0.2, -0.15) is 0 Å². The van der Waals surface area contributed by atoms with Crippen LogP contribution in [-0.4, -0.2) is 11.2 Å². The van der Waals surface area contributed by atoms with Crippen LogP contribution in [0, 0.1) is 5.82 Å². The molecule has 1 atom stereocenters. The molecule has 1 aromatic rings. The predicted octanol–water partition coefficient (Wildman–Crippen LogP) is 2.51. The van der Waals surface area contributed by atoms with Gasteiger partial charge in [-0.15, -0.1) is 0 Å². The maximum Gasteiger partial charge on any atom is 0.124 e. The summed E-state index contributed by atoms with van der Waals surface area (Å²) in [5, 5.41) is 9.05. The van der Waals surface area contributed by atoms with E-state index in [1.807, 2.05) is 0 Å². The van der Waals surface area contributed by atoms with Crippen LogP contribution in [0.25, 0.3) is 0 Å². The normalized spacial score (nSPS) is 13.0. The first-order chi connectivity index (χ1) is 5.58. The molecule has 0 saturated carbocycles. The summed E-state index contributed by atoms with van der Waals surface area (Å²) in [5.41, 5.74) is 0.803. The van der Waals surface area contributed by atoms with Crippen molar-refractivity contribution in [3.05, 3.63) is 34.1 Å². The Labute approximate surface area is 79.4 Å². The predicted molar refractivity (Wildman–Crippen MR) is 49.5 cm³/mol. The molecule has 1 aromatic carbocycles. The van der Waals surface area contributed by atoms with E-state index < -0.39 is 6.10 Å². The molecule has 0 bridgehead atoms. The van der Waals surface area contributed by atoms with Gasteiger partial charge in [0.15, 0.2) is 0 Å². The Morgan fingerprint density at radius 3 is 2.67 bits per heavy atom. The number of halogens is 2. The average molecular weight is 233 g/mol. The molecule has 0 unspecified atom stereocenters. The third-order valence-corrected chi connectivity index (χ3v) is 1.91. The van der Waals surface area contributed by atoms with Crippen LogP contribution in [0.5, 0.6) is 0 Å². The highest BCUT2D eigenvalue weighted by atomic mass is 79.9. The molecule has 12 heavy (non-hydrogen) atoms. The Morgan fingerprint density at radius 2 is 2.17 bits per heavy atom. The molecule has 1 rings (SSSR count). The summed E-state index contributed by atoms with van der Waals surface area (Å²) >= 11 is 3.18. The van der Waals surface area contributed by atoms with E-state index in [0.717, 1.165) is 5.56 Å². The summed E-state index contributed by atoms with van der Waals surface area (Å²) in [6.07, 6.45) is 0.0507. The van der Waals surface area contributed by atoms with Crippen molar-refractivity contribution in [3.8, 4) is 0 Å². The molecule has 1 nitrogen and oxygen atoms in total. The molecule has 0 radical (unpaired) electrons. The summed E-state index contributed by atoms with van der Waals surface area (Å²) in [6, 6.07) is 4.62. The van der Waals surface area contributed by atoms with Crippen LogP contribution >= 0.6 is 15.9 Å². The van der Waals surface area contributed by atoms with E-state index in [9.17, 15) is 4.39 Å². The minimum Gasteiger partial charge on any atom is -0.393 e. The van der Waals surface area contributed by atoms with Gasteiger partial charge in [-0.3, -0.25) is 0 Å². The molecule has 0 fully saturated rings. The van der Waals surface area contributed by atoms with Gasteiger partial charge in [0.05, 0.1) is 6.10 Å². The van der Waals surface area contributed by atoms with Crippen LogP contribution in [0.2, 0.25) is 0 Å². The molecular formula is C9H10BrFO. The minimum atomic E-state index is -0.432. The second kappa shape index (κ2) is 4.01. The van der Waals surface area contributed by atoms with E-state index in [-0.39, 0.29) is 5.82 Å². The lowest BCUT2D eigenvalue weighted by molar-refractivity contribution is 0.195. The lowest BCUT2D eigenvalue weighted by atomic mass is 10.1. The molecular weight excluding hydrogens is 223 g/mol. The number of aliphatic hydroxyl groups is 1. The minimum absolute atomic E-state index is 0.278. The third kappa shape index (κ3) is 2.91. The van der Waals surface area contributed by atoms with Gasteiger partial charge in [0.25, 0.3) is 0 Å². The Kier molecular flexibility index (Phi) is 3.23. The van der Waals surface area contributed by atoms with Gasteiger partial charge >= 0.3 is 0 Å². The molecule has 0 spiro atoms.